The maximum Gasteiger partial charge on any atom is 0.119 e. The Bertz CT molecular complexity index is 386. The van der Waals surface area contributed by atoms with Crippen molar-refractivity contribution in [2.24, 2.45) is 0 Å². The number of ether oxygens (including phenoxy) is 1. The van der Waals surface area contributed by atoms with Gasteiger partial charge >= 0.3 is 0 Å². The molecular weight excluding hydrogens is 248 g/mol. The van der Waals surface area contributed by atoms with E-state index in [1.807, 2.05) is 6.92 Å². The van der Waals surface area contributed by atoms with Gasteiger partial charge in [0.1, 0.15) is 5.75 Å². The fraction of sp³-hybridized carbons (Fsp3) is 0.647. The predicted molar refractivity (Wildman–Crippen MR) is 84.3 cm³/mol. The van der Waals surface area contributed by atoms with E-state index in [0.717, 1.165) is 31.5 Å². The van der Waals surface area contributed by atoms with Gasteiger partial charge in [0.25, 0.3) is 0 Å². The van der Waals surface area contributed by atoms with E-state index in [4.69, 9.17) is 4.74 Å². The molecule has 0 aliphatic heterocycles. The smallest absolute Gasteiger partial charge is 0.119 e. The van der Waals surface area contributed by atoms with E-state index in [-0.39, 0.29) is 0 Å². The highest BCUT2D eigenvalue weighted by molar-refractivity contribution is 5.29. The topological polar surface area (TPSA) is 24.5 Å². The zero-order chi connectivity index (χ0) is 14.4. The summed E-state index contributed by atoms with van der Waals surface area (Å²) in [5.74, 6) is 0.957. The van der Waals surface area contributed by atoms with Crippen LogP contribution in [0.4, 0.5) is 0 Å². The van der Waals surface area contributed by atoms with Crippen LogP contribution in [0.2, 0.25) is 0 Å². The summed E-state index contributed by atoms with van der Waals surface area (Å²) >= 11 is 0. The maximum atomic E-state index is 5.52. The van der Waals surface area contributed by atoms with Crippen LogP contribution < -0.4 is 10.1 Å². The summed E-state index contributed by atoms with van der Waals surface area (Å²) in [6.07, 6.45) is 4.11. The quantitative estimate of drug-likeness (QED) is 0.789. The van der Waals surface area contributed by atoms with Crippen molar-refractivity contribution >= 4 is 0 Å². The SMILES string of the molecule is CCNC(CN(C)C1CCC1)c1ccc(OCC)cc1. The molecule has 0 amide bonds. The van der Waals surface area contributed by atoms with Crippen molar-refractivity contribution in [2.45, 2.75) is 45.2 Å². The van der Waals surface area contributed by atoms with E-state index in [1.54, 1.807) is 0 Å². The molecule has 1 saturated carbocycles. The fourth-order valence-electron chi connectivity index (χ4n) is 2.76. The molecule has 0 heterocycles. The lowest BCUT2D eigenvalue weighted by Gasteiger charge is -2.37. The van der Waals surface area contributed by atoms with Gasteiger partial charge in [-0.1, -0.05) is 25.5 Å². The van der Waals surface area contributed by atoms with Crippen LogP contribution in [-0.2, 0) is 0 Å². The molecule has 0 aromatic heterocycles. The Balaban J connectivity index is 1.98. The highest BCUT2D eigenvalue weighted by Crippen LogP contribution is 2.26. The van der Waals surface area contributed by atoms with Crippen LogP contribution in [0.1, 0.15) is 44.7 Å². The molecule has 112 valence electrons. The molecule has 2 rings (SSSR count). The lowest BCUT2D eigenvalue weighted by molar-refractivity contribution is 0.145. The molecule has 1 aliphatic carbocycles. The second kappa shape index (κ2) is 7.65. The monoisotopic (exact) mass is 276 g/mol. The van der Waals surface area contributed by atoms with E-state index >= 15 is 0 Å². The van der Waals surface area contributed by atoms with Crippen molar-refractivity contribution in [2.75, 3.05) is 26.7 Å². The first-order chi connectivity index (χ1) is 9.74. The predicted octanol–water partition coefficient (Wildman–Crippen LogP) is 3.22. The van der Waals surface area contributed by atoms with Crippen LogP contribution in [0.15, 0.2) is 24.3 Å². The fourth-order valence-corrected chi connectivity index (χ4v) is 2.76. The largest absolute Gasteiger partial charge is 0.494 e. The Hall–Kier alpha value is -1.06. The van der Waals surface area contributed by atoms with Crippen molar-refractivity contribution in [3.63, 3.8) is 0 Å². The van der Waals surface area contributed by atoms with Crippen molar-refractivity contribution in [1.82, 2.24) is 10.2 Å². The third-order valence-corrected chi connectivity index (χ3v) is 4.21. The first-order valence-corrected chi connectivity index (χ1v) is 7.91. The van der Waals surface area contributed by atoms with Gasteiger partial charge in [-0.3, -0.25) is 0 Å². The number of hydrogen-bond donors (Lipinski definition) is 1. The number of hydrogen-bond acceptors (Lipinski definition) is 3. The molecular formula is C17H28N2O. The average molecular weight is 276 g/mol. The molecule has 3 nitrogen and oxygen atoms in total. The molecule has 1 unspecified atom stereocenters. The Morgan fingerprint density at radius 2 is 1.95 bits per heavy atom. The van der Waals surface area contributed by atoms with Crippen molar-refractivity contribution < 1.29 is 4.74 Å². The number of rotatable bonds is 8. The Morgan fingerprint density at radius 1 is 1.25 bits per heavy atom. The van der Waals surface area contributed by atoms with Gasteiger partial charge in [-0.15, -0.1) is 0 Å². The van der Waals surface area contributed by atoms with Crippen LogP contribution in [0, 0.1) is 0 Å². The second-order valence-electron chi connectivity index (χ2n) is 5.64. The molecule has 1 aromatic rings. The lowest BCUT2D eigenvalue weighted by atomic mass is 9.91. The average Bonchev–Trinajstić information content (AvgIpc) is 2.37. The minimum absolute atomic E-state index is 0.404. The van der Waals surface area contributed by atoms with Crippen LogP contribution in [0.5, 0.6) is 5.75 Å². The van der Waals surface area contributed by atoms with Crippen LogP contribution in [0.25, 0.3) is 0 Å². The van der Waals surface area contributed by atoms with Crippen LogP contribution in [-0.4, -0.2) is 37.7 Å². The van der Waals surface area contributed by atoms with Crippen molar-refractivity contribution in [3.8, 4) is 5.75 Å². The molecule has 1 aromatic carbocycles. The minimum Gasteiger partial charge on any atom is -0.494 e. The standard InChI is InChI=1S/C17H28N2O/c1-4-18-17(13-19(3)15-7-6-8-15)14-9-11-16(12-10-14)20-5-2/h9-12,15,17-18H,4-8,13H2,1-3H3. The molecule has 1 atom stereocenters. The Labute approximate surface area is 123 Å². The third kappa shape index (κ3) is 3.97. The van der Waals surface area contributed by atoms with Gasteiger partial charge in [0.15, 0.2) is 0 Å². The van der Waals surface area contributed by atoms with Crippen LogP contribution >= 0.6 is 0 Å². The van der Waals surface area contributed by atoms with E-state index < -0.39 is 0 Å². The zero-order valence-corrected chi connectivity index (χ0v) is 13.1. The number of likely N-dealkylation sites (N-methyl/N-ethyl adjacent to an activating group) is 2. The molecule has 1 fully saturated rings. The van der Waals surface area contributed by atoms with Gasteiger partial charge in [0, 0.05) is 18.6 Å². The number of benzene rings is 1. The highest BCUT2D eigenvalue weighted by atomic mass is 16.5. The summed E-state index contributed by atoms with van der Waals surface area (Å²) in [7, 11) is 2.25. The summed E-state index contributed by atoms with van der Waals surface area (Å²) < 4.78 is 5.52. The first-order valence-electron chi connectivity index (χ1n) is 7.91. The minimum atomic E-state index is 0.404. The number of nitrogens with one attached hydrogen (secondary N) is 1. The maximum absolute atomic E-state index is 5.52. The van der Waals surface area contributed by atoms with Crippen molar-refractivity contribution in [3.05, 3.63) is 29.8 Å². The normalized spacial score (nSPS) is 17.0. The molecule has 1 aliphatic rings. The highest BCUT2D eigenvalue weighted by Gasteiger charge is 2.24. The summed E-state index contributed by atoms with van der Waals surface area (Å²) in [5, 5.41) is 3.60. The van der Waals surface area contributed by atoms with Gasteiger partial charge in [0.2, 0.25) is 0 Å². The molecule has 0 radical (unpaired) electrons. The van der Waals surface area contributed by atoms with Gasteiger partial charge in [0.05, 0.1) is 6.61 Å². The number of nitrogens with zero attached hydrogens (tertiary/aromatic N) is 1. The Morgan fingerprint density at radius 3 is 2.45 bits per heavy atom. The molecule has 0 bridgehead atoms. The zero-order valence-electron chi connectivity index (χ0n) is 13.1. The molecule has 0 spiro atoms. The molecule has 3 heteroatoms. The summed E-state index contributed by atoms with van der Waals surface area (Å²) in [4.78, 5) is 2.51. The third-order valence-electron chi connectivity index (χ3n) is 4.21. The van der Waals surface area contributed by atoms with Gasteiger partial charge in [-0.2, -0.15) is 0 Å². The molecule has 1 N–H and O–H groups in total. The molecule has 20 heavy (non-hydrogen) atoms. The van der Waals surface area contributed by atoms with E-state index in [0.29, 0.717) is 6.04 Å². The lowest BCUT2D eigenvalue weighted by Crippen LogP contribution is -2.42. The summed E-state index contributed by atoms with van der Waals surface area (Å²) in [5.41, 5.74) is 1.35. The van der Waals surface area contributed by atoms with Crippen LogP contribution in [0.3, 0.4) is 0 Å². The first kappa shape index (κ1) is 15.3. The summed E-state index contributed by atoms with van der Waals surface area (Å²) in [6, 6.07) is 9.72. The van der Waals surface area contributed by atoms with Gasteiger partial charge < -0.3 is 15.0 Å². The second-order valence-corrected chi connectivity index (χ2v) is 5.64. The van der Waals surface area contributed by atoms with E-state index in [2.05, 4.69) is 48.5 Å². The Kier molecular flexibility index (Phi) is 5.86. The summed E-state index contributed by atoms with van der Waals surface area (Å²) in [6.45, 7) is 6.98. The van der Waals surface area contributed by atoms with Crippen molar-refractivity contribution in [1.29, 1.82) is 0 Å². The van der Waals surface area contributed by atoms with E-state index in [9.17, 15) is 0 Å². The molecule has 0 saturated heterocycles. The van der Waals surface area contributed by atoms with E-state index in [1.165, 1.54) is 24.8 Å². The van der Waals surface area contributed by atoms with Gasteiger partial charge in [-0.05, 0) is 51.1 Å². The van der Waals surface area contributed by atoms with Gasteiger partial charge in [-0.25, -0.2) is 0 Å².